The Morgan fingerprint density at radius 3 is 2.52 bits per heavy atom. The Kier molecular flexibility index (Phi) is 10.9. The molecule has 1 fully saturated rings. The van der Waals surface area contributed by atoms with Crippen molar-refractivity contribution in [2.75, 3.05) is 19.7 Å². The van der Waals surface area contributed by atoms with Gasteiger partial charge in [0.05, 0.1) is 12.7 Å². The van der Waals surface area contributed by atoms with Crippen LogP contribution in [0.3, 0.4) is 0 Å². The van der Waals surface area contributed by atoms with Crippen LogP contribution in [-0.2, 0) is 0 Å². The van der Waals surface area contributed by atoms with Gasteiger partial charge in [0.2, 0.25) is 0 Å². The zero-order chi connectivity index (χ0) is 17.2. The highest BCUT2D eigenvalue weighted by Gasteiger charge is 2.19. The number of nitrogens with one attached hydrogen (secondary N) is 2. The third kappa shape index (κ3) is 8.76. The first-order valence-electron chi connectivity index (χ1n) is 9.09. The van der Waals surface area contributed by atoms with E-state index in [0.29, 0.717) is 12.6 Å². The lowest BCUT2D eigenvalue weighted by molar-refractivity contribution is 0.120. The van der Waals surface area contributed by atoms with Crippen LogP contribution in [0.2, 0.25) is 0 Å². The smallest absolute Gasteiger partial charge is 0.191 e. The number of guanidine groups is 1. The molecule has 0 bridgehead atoms. The quantitative estimate of drug-likeness (QED) is 0.253. The van der Waals surface area contributed by atoms with Crippen molar-refractivity contribution in [3.05, 3.63) is 29.8 Å². The van der Waals surface area contributed by atoms with E-state index in [9.17, 15) is 5.11 Å². The maximum atomic E-state index is 9.59. The monoisotopic (exact) mass is 461 g/mol. The fraction of sp³-hybridized carbons (Fsp3) is 0.632. The van der Waals surface area contributed by atoms with Crippen LogP contribution in [0.1, 0.15) is 44.6 Å². The van der Waals surface area contributed by atoms with Gasteiger partial charge in [0, 0.05) is 25.6 Å². The number of ether oxygens (including phenoxy) is 1. The molecule has 5 nitrogen and oxygen atoms in total. The SMILES string of the molecule is CCNC(=NCCCOc1ccc(C)cc1)NC1CCC(O)CC1.I. The summed E-state index contributed by atoms with van der Waals surface area (Å²) in [6.45, 7) is 6.39. The summed E-state index contributed by atoms with van der Waals surface area (Å²) in [5.41, 5.74) is 1.24. The van der Waals surface area contributed by atoms with E-state index in [1.165, 1.54) is 5.56 Å². The van der Waals surface area contributed by atoms with Crippen molar-refractivity contribution in [2.45, 2.75) is 58.1 Å². The normalized spacial score (nSPS) is 20.5. The van der Waals surface area contributed by atoms with Crippen LogP contribution in [0.5, 0.6) is 5.75 Å². The second kappa shape index (κ2) is 12.4. The predicted octanol–water partition coefficient (Wildman–Crippen LogP) is 3.24. The van der Waals surface area contributed by atoms with Gasteiger partial charge in [-0.25, -0.2) is 0 Å². The van der Waals surface area contributed by atoms with Crippen LogP contribution in [0.4, 0.5) is 0 Å². The number of halogens is 1. The molecule has 0 saturated heterocycles. The topological polar surface area (TPSA) is 65.9 Å². The van der Waals surface area contributed by atoms with Gasteiger partial charge in [0.15, 0.2) is 5.96 Å². The third-order valence-corrected chi connectivity index (χ3v) is 4.24. The highest BCUT2D eigenvalue weighted by atomic mass is 127. The van der Waals surface area contributed by atoms with Crippen LogP contribution in [0.25, 0.3) is 0 Å². The van der Waals surface area contributed by atoms with Crippen LogP contribution >= 0.6 is 24.0 Å². The van der Waals surface area contributed by atoms with Gasteiger partial charge in [-0.3, -0.25) is 4.99 Å². The summed E-state index contributed by atoms with van der Waals surface area (Å²) < 4.78 is 5.73. The summed E-state index contributed by atoms with van der Waals surface area (Å²) in [6, 6.07) is 8.53. The molecule has 0 aliphatic heterocycles. The van der Waals surface area contributed by atoms with Gasteiger partial charge < -0.3 is 20.5 Å². The fourth-order valence-corrected chi connectivity index (χ4v) is 2.81. The van der Waals surface area contributed by atoms with E-state index < -0.39 is 0 Å². The zero-order valence-corrected chi connectivity index (χ0v) is 17.7. The average Bonchev–Trinajstić information content (AvgIpc) is 2.58. The van der Waals surface area contributed by atoms with E-state index in [4.69, 9.17) is 4.74 Å². The highest BCUT2D eigenvalue weighted by molar-refractivity contribution is 14.0. The highest BCUT2D eigenvalue weighted by Crippen LogP contribution is 2.18. The molecule has 0 heterocycles. The summed E-state index contributed by atoms with van der Waals surface area (Å²) in [5.74, 6) is 1.78. The Balaban J connectivity index is 0.00000312. The van der Waals surface area contributed by atoms with Crippen molar-refractivity contribution >= 4 is 29.9 Å². The lowest BCUT2D eigenvalue weighted by atomic mass is 9.93. The number of aliphatic hydroxyl groups excluding tert-OH is 1. The van der Waals surface area contributed by atoms with E-state index in [0.717, 1.165) is 56.9 Å². The Morgan fingerprint density at radius 1 is 1.20 bits per heavy atom. The standard InChI is InChI=1S/C19H31N3O2.HI/c1-3-20-19(22-16-7-9-17(23)10-8-16)21-13-4-14-24-18-11-5-15(2)6-12-18;/h5-6,11-12,16-17,23H,3-4,7-10,13-14H2,1-2H3,(H2,20,21,22);1H. The summed E-state index contributed by atoms with van der Waals surface area (Å²) >= 11 is 0. The van der Waals surface area contributed by atoms with E-state index in [1.807, 2.05) is 12.1 Å². The maximum absolute atomic E-state index is 9.59. The molecule has 142 valence electrons. The van der Waals surface area contributed by atoms with Crippen molar-refractivity contribution in [3.63, 3.8) is 0 Å². The molecule has 0 atom stereocenters. The van der Waals surface area contributed by atoms with Crippen molar-refractivity contribution in [1.82, 2.24) is 10.6 Å². The number of rotatable bonds is 7. The Hall–Kier alpha value is -1.02. The van der Waals surface area contributed by atoms with Gasteiger partial charge in [0.25, 0.3) is 0 Å². The molecule has 1 aliphatic carbocycles. The first-order chi connectivity index (χ1) is 11.7. The molecule has 6 heteroatoms. The predicted molar refractivity (Wildman–Crippen MR) is 114 cm³/mol. The summed E-state index contributed by atoms with van der Waals surface area (Å²) in [7, 11) is 0. The van der Waals surface area contributed by atoms with E-state index >= 15 is 0 Å². The molecule has 3 N–H and O–H groups in total. The van der Waals surface area contributed by atoms with Gasteiger partial charge in [-0.1, -0.05) is 17.7 Å². The largest absolute Gasteiger partial charge is 0.494 e. The lowest BCUT2D eigenvalue weighted by Gasteiger charge is -2.27. The third-order valence-electron chi connectivity index (χ3n) is 4.24. The van der Waals surface area contributed by atoms with Crippen molar-refractivity contribution in [3.8, 4) is 5.75 Å². The number of aliphatic hydroxyl groups is 1. The minimum absolute atomic E-state index is 0. The van der Waals surface area contributed by atoms with Crippen LogP contribution < -0.4 is 15.4 Å². The number of aliphatic imine (C=N–C) groups is 1. The molecule has 1 aromatic rings. The second-order valence-corrected chi connectivity index (χ2v) is 6.43. The first kappa shape index (κ1) is 22.0. The molecule has 1 saturated carbocycles. The second-order valence-electron chi connectivity index (χ2n) is 6.43. The lowest BCUT2D eigenvalue weighted by Crippen LogP contribution is -2.45. The van der Waals surface area contributed by atoms with E-state index in [1.54, 1.807) is 0 Å². The molecule has 2 rings (SSSR count). The molecule has 0 spiro atoms. The molecular weight excluding hydrogens is 429 g/mol. The van der Waals surface area contributed by atoms with Crippen molar-refractivity contribution in [1.29, 1.82) is 0 Å². The summed E-state index contributed by atoms with van der Waals surface area (Å²) in [5, 5.41) is 16.4. The number of nitrogens with zero attached hydrogens (tertiary/aromatic N) is 1. The number of hydrogen-bond acceptors (Lipinski definition) is 3. The average molecular weight is 461 g/mol. The number of aryl methyl sites for hydroxylation is 1. The summed E-state index contributed by atoms with van der Waals surface area (Å²) in [6.07, 6.45) is 4.52. The molecule has 1 aromatic carbocycles. The molecule has 1 aliphatic rings. The Morgan fingerprint density at radius 2 is 1.88 bits per heavy atom. The Bertz CT molecular complexity index is 500. The first-order valence-corrected chi connectivity index (χ1v) is 9.09. The number of benzene rings is 1. The fourth-order valence-electron chi connectivity index (χ4n) is 2.81. The molecule has 0 amide bonds. The summed E-state index contributed by atoms with van der Waals surface area (Å²) in [4.78, 5) is 4.62. The van der Waals surface area contributed by atoms with Crippen LogP contribution in [0.15, 0.2) is 29.3 Å². The van der Waals surface area contributed by atoms with Gasteiger partial charge in [0.1, 0.15) is 5.75 Å². The molecule has 0 radical (unpaired) electrons. The van der Waals surface area contributed by atoms with E-state index in [-0.39, 0.29) is 30.1 Å². The van der Waals surface area contributed by atoms with Gasteiger partial charge in [-0.2, -0.15) is 0 Å². The number of hydrogen-bond donors (Lipinski definition) is 3. The van der Waals surface area contributed by atoms with Crippen LogP contribution in [0, 0.1) is 6.92 Å². The minimum atomic E-state index is -0.124. The zero-order valence-electron chi connectivity index (χ0n) is 15.3. The van der Waals surface area contributed by atoms with Gasteiger partial charge >= 0.3 is 0 Å². The Labute approximate surface area is 168 Å². The van der Waals surface area contributed by atoms with Gasteiger partial charge in [-0.05, 0) is 51.7 Å². The molecule has 0 aromatic heterocycles. The van der Waals surface area contributed by atoms with E-state index in [2.05, 4.69) is 41.6 Å². The van der Waals surface area contributed by atoms with Crippen molar-refractivity contribution in [2.24, 2.45) is 4.99 Å². The minimum Gasteiger partial charge on any atom is -0.494 e. The van der Waals surface area contributed by atoms with Gasteiger partial charge in [-0.15, -0.1) is 24.0 Å². The van der Waals surface area contributed by atoms with Crippen LogP contribution in [-0.4, -0.2) is 42.9 Å². The molecule has 25 heavy (non-hydrogen) atoms. The maximum Gasteiger partial charge on any atom is 0.191 e. The molecular formula is C19H32IN3O2. The molecule has 0 unspecified atom stereocenters. The van der Waals surface area contributed by atoms with Crippen molar-refractivity contribution < 1.29 is 9.84 Å².